The van der Waals surface area contributed by atoms with Gasteiger partial charge in [0.05, 0.1) is 73.0 Å². The Labute approximate surface area is 740 Å². The van der Waals surface area contributed by atoms with Crippen LogP contribution < -0.4 is 0 Å². The lowest BCUT2D eigenvalue weighted by Gasteiger charge is -2.35. The third kappa shape index (κ3) is 13.8. The second-order valence-electron chi connectivity index (χ2n) is 33.9. The smallest absolute Gasteiger partial charge is 0.271 e. The minimum Gasteiger partial charge on any atom is -0.333 e. The van der Waals surface area contributed by atoms with Crippen LogP contribution in [0.1, 0.15) is 151 Å². The van der Waals surface area contributed by atoms with Gasteiger partial charge < -0.3 is 47.3 Å². The maximum atomic E-state index is 14.8. The molecule has 10 aliphatic rings. The van der Waals surface area contributed by atoms with E-state index in [-0.39, 0.29) is 46.7 Å². The lowest BCUT2D eigenvalue weighted by Crippen LogP contribution is -2.47. The van der Waals surface area contributed by atoms with Gasteiger partial charge in [0, 0.05) is 157 Å². The average Bonchev–Trinajstić information content (AvgIpc) is 1.61. The fourth-order valence-corrected chi connectivity index (χ4v) is 21.2. The molecule has 628 valence electrons. The van der Waals surface area contributed by atoms with Crippen LogP contribution in [-0.4, -0.2) is 164 Å². The number of rotatable bonds is 10. The molecule has 15 heterocycles. The van der Waals surface area contributed by atoms with Crippen LogP contribution in [0.2, 0.25) is 10.0 Å². The number of aryl methyl sites for hydroxylation is 2. The molecule has 5 amide bonds. The molecule has 5 aliphatic carbocycles. The minimum absolute atomic E-state index is 0.00289. The third-order valence-electron chi connectivity index (χ3n) is 25.9. The molecule has 0 radical (unpaired) electrons. The van der Waals surface area contributed by atoms with E-state index in [1.54, 1.807) is 53.6 Å². The van der Waals surface area contributed by atoms with Gasteiger partial charge in [-0.3, -0.25) is 38.9 Å². The highest BCUT2D eigenvalue weighted by Gasteiger charge is 2.47. The van der Waals surface area contributed by atoms with Crippen LogP contribution >= 0.6 is 45.9 Å². The van der Waals surface area contributed by atoms with Gasteiger partial charge in [-0.1, -0.05) is 53.5 Å². The number of nitrogens with zero attached hydrogens (tertiary/aromatic N) is 18. The molecule has 5 saturated carbocycles. The number of benzene rings is 5. The Balaban J connectivity index is 0.0000000961. The molecule has 0 bridgehead atoms. The first-order valence-corrected chi connectivity index (χ1v) is 45.2. The highest BCUT2D eigenvalue weighted by atomic mass is 35.5. The van der Waals surface area contributed by atoms with Gasteiger partial charge in [-0.15, -0.1) is 22.7 Å². The summed E-state index contributed by atoms with van der Waals surface area (Å²) in [5.41, 5.74) is 24.5. The summed E-state index contributed by atoms with van der Waals surface area (Å²) < 4.78 is 39.5. The van der Waals surface area contributed by atoms with E-state index in [2.05, 4.69) is 62.6 Å². The second kappa shape index (κ2) is 31.8. The van der Waals surface area contributed by atoms with E-state index in [1.165, 1.54) is 23.5 Å². The van der Waals surface area contributed by atoms with Crippen molar-refractivity contribution < 1.29 is 32.8 Å². The van der Waals surface area contributed by atoms with Crippen molar-refractivity contribution in [3.05, 3.63) is 241 Å². The molecule has 0 unspecified atom stereocenters. The van der Waals surface area contributed by atoms with Crippen molar-refractivity contribution in [1.82, 2.24) is 72.3 Å². The Bertz CT molecular complexity index is 7220. The van der Waals surface area contributed by atoms with Gasteiger partial charge in [-0.05, 0) is 221 Å². The summed E-state index contributed by atoms with van der Waals surface area (Å²) in [6.07, 6.45) is 16.1. The molecular weight excluding hydrogens is 1670 g/mol. The molecule has 25 rings (SSSR count). The molecule has 0 spiro atoms. The van der Waals surface area contributed by atoms with E-state index >= 15 is 0 Å². The topological polar surface area (TPSA) is 262 Å². The molecule has 5 aromatic carbocycles. The molecule has 15 aromatic rings. The summed E-state index contributed by atoms with van der Waals surface area (Å²) in [7, 11) is 0. The van der Waals surface area contributed by atoms with Crippen LogP contribution in [0.25, 0.3) is 109 Å². The van der Waals surface area contributed by atoms with Gasteiger partial charge in [0.1, 0.15) is 66.9 Å². The Hall–Kier alpha value is -13.2. The zero-order valence-corrected chi connectivity index (χ0v) is 72.1. The highest BCUT2D eigenvalue weighted by Crippen LogP contribution is 2.48. The molecule has 5 aliphatic heterocycles. The van der Waals surface area contributed by atoms with E-state index in [9.17, 15) is 32.8 Å². The van der Waals surface area contributed by atoms with Gasteiger partial charge in [-0.25, -0.2) is 18.7 Å². The van der Waals surface area contributed by atoms with E-state index in [0.717, 1.165) is 213 Å². The number of fused-ring (bicyclic) bond motifs is 15. The largest absolute Gasteiger partial charge is 0.333 e. The van der Waals surface area contributed by atoms with Crippen LogP contribution in [0, 0.1) is 59.5 Å². The van der Waals surface area contributed by atoms with Crippen molar-refractivity contribution >= 4 is 129 Å². The van der Waals surface area contributed by atoms with Crippen LogP contribution in [0.15, 0.2) is 163 Å². The minimum atomic E-state index is -0.571. The zero-order chi connectivity index (χ0) is 86.4. The number of carbonyl (C=O) groups excluding carboxylic acids is 5. The highest BCUT2D eigenvalue weighted by molar-refractivity contribution is 7.16. The normalized spacial score (nSPS) is 17.6. The fourth-order valence-electron chi connectivity index (χ4n) is 19.3. The molecule has 126 heavy (non-hydrogen) atoms. The van der Waals surface area contributed by atoms with Crippen LogP contribution in [-0.2, 0) is 32.7 Å². The fraction of sp³-hybridized carbons (Fsp3) is 0.289. The summed E-state index contributed by atoms with van der Waals surface area (Å²) >= 11 is 15.2. The summed E-state index contributed by atoms with van der Waals surface area (Å²) in [5, 5.41) is 28.6. The van der Waals surface area contributed by atoms with Crippen LogP contribution in [0.3, 0.4) is 0 Å². The zero-order valence-electron chi connectivity index (χ0n) is 68.9. The second-order valence-corrected chi connectivity index (χ2v) is 36.4. The SMILES string of the molecule is C[C@H]1Cn2c(c(-c3ccc(Cl)cc3)c3ncccc32)C(=O)N1C1CC1.Cc1cc(C#N)c(F)cc1-c1c2n(c3scnc13)CCN(C1CC1)C2=O.Cc1cc(C#N)ccc1-c1c2n(c3scnc13)CCN(C1CC1)C2=O.N#Cc1ccc(-c2c3n(c4cccnc24)CCN(C2CC2)C3=O)c(F)c1.O=C1c2c(-c3ccc(Cl)cc3)c3ncccc3n2CCN1C1CC1. The van der Waals surface area contributed by atoms with Gasteiger partial charge in [-0.2, -0.15) is 15.8 Å². The number of nitriles is 3. The van der Waals surface area contributed by atoms with Crippen LogP contribution in [0.4, 0.5) is 8.78 Å². The van der Waals surface area contributed by atoms with Crippen molar-refractivity contribution in [1.29, 1.82) is 15.8 Å². The third-order valence-corrected chi connectivity index (χ3v) is 28.1. The Kier molecular flexibility index (Phi) is 20.2. The standard InChI is InChI=1S/C20H18ClN3O.C20H15FN4O.C19H16ClN3O.C19H15FN4OS.C19H16N4OS/c1-12-11-23-16-3-2-10-22-18(16)17(13-4-6-14(21)7-5-13)19(23)20(25)24(12)15-8-9-15;21-15-10-12(11-22)3-6-14(15)17-18-16(2-1-7-23-18)25-9-8-24(13-4-5-13)20(26)19(17)25;20-13-5-3-12(4-6-13)16-17-15(2-1-9-21-17)23-11-10-22(14-7-8-14)19(24)18(16)23;1-10-6-11(8-21)14(20)7-13(10)15-16-19(26-9-22-16)24-5-4-23(12-2-3-12)18(25)17(15)24;1-11-8-12(9-20)2-5-14(11)15-16-19(25-10-21-16)23-7-6-22(13-3-4-13)18(24)17(15)23/h2-7,10,12,15H,8-9,11H2,1H3;1-3,6-7,10,13H,4-5,8-9H2;1-6,9,14H,7-8,10-11H2;6-7,9,12H,2-5H2,1H3;2,5,8,10,13H,3-4,6-7H2,1H3/t12-;;;;/m0..../s1. The first kappa shape index (κ1) is 79.9. The monoisotopic (exact) mass is 1750 g/mol. The van der Waals surface area contributed by atoms with Crippen molar-refractivity contribution in [2.24, 2.45) is 0 Å². The quantitative estimate of drug-likeness (QED) is 0.123. The summed E-state index contributed by atoms with van der Waals surface area (Å²) in [6, 6.07) is 48.0. The number of hydrogen-bond donors (Lipinski definition) is 0. The van der Waals surface area contributed by atoms with Gasteiger partial charge >= 0.3 is 0 Å². The predicted molar refractivity (Wildman–Crippen MR) is 480 cm³/mol. The van der Waals surface area contributed by atoms with E-state index in [1.807, 2.05) is 157 Å². The van der Waals surface area contributed by atoms with Crippen molar-refractivity contribution in [2.75, 3.05) is 26.2 Å². The number of amides is 5. The van der Waals surface area contributed by atoms with Gasteiger partial charge in [0.15, 0.2) is 0 Å². The van der Waals surface area contributed by atoms with Crippen molar-refractivity contribution in [2.45, 2.75) is 154 Å². The lowest BCUT2D eigenvalue weighted by atomic mass is 9.97. The Morgan fingerprint density at radius 1 is 0.381 bits per heavy atom. The summed E-state index contributed by atoms with van der Waals surface area (Å²) in [4.78, 5) is 101. The molecule has 1 atom stereocenters. The number of carbonyl (C=O) groups is 5. The molecule has 10 aromatic heterocycles. The van der Waals surface area contributed by atoms with E-state index < -0.39 is 11.6 Å². The first-order chi connectivity index (χ1) is 61.4. The molecule has 29 heteroatoms. The number of thiazole rings is 2. The molecule has 23 nitrogen and oxygen atoms in total. The molecular formula is C97H80Cl2F2N18O5S2. The molecule has 0 saturated heterocycles. The predicted octanol–water partition coefficient (Wildman–Crippen LogP) is 18.9. The molecule has 0 N–H and O–H groups in total. The van der Waals surface area contributed by atoms with E-state index in [0.29, 0.717) is 105 Å². The average molecular weight is 1750 g/mol. The lowest BCUT2D eigenvalue weighted by molar-refractivity contribution is 0.0598. The van der Waals surface area contributed by atoms with E-state index in [4.69, 9.17) is 39.0 Å². The van der Waals surface area contributed by atoms with Crippen molar-refractivity contribution in [3.63, 3.8) is 0 Å². The Morgan fingerprint density at radius 2 is 0.762 bits per heavy atom. The van der Waals surface area contributed by atoms with Crippen molar-refractivity contribution in [3.8, 4) is 73.8 Å². The number of halogens is 4. The maximum absolute atomic E-state index is 14.8. The van der Waals surface area contributed by atoms with Gasteiger partial charge in [0.2, 0.25) is 0 Å². The first-order valence-electron chi connectivity index (χ1n) is 42.7. The summed E-state index contributed by atoms with van der Waals surface area (Å²) in [5.74, 6) is -0.757. The number of pyridine rings is 3. The number of hydrogen-bond acceptors (Lipinski definition) is 15. The van der Waals surface area contributed by atoms with Crippen LogP contribution in [0.5, 0.6) is 0 Å². The Morgan fingerprint density at radius 3 is 1.19 bits per heavy atom. The number of aromatic nitrogens is 10. The van der Waals surface area contributed by atoms with Gasteiger partial charge in [0.25, 0.3) is 29.5 Å². The molecule has 5 fully saturated rings. The maximum Gasteiger partial charge on any atom is 0.271 e. The summed E-state index contributed by atoms with van der Waals surface area (Å²) in [6.45, 7) is 12.8.